The van der Waals surface area contributed by atoms with Crippen LogP contribution in [0.2, 0.25) is 5.02 Å². The number of nitrogens with one attached hydrogen (secondary N) is 2. The lowest BCUT2D eigenvalue weighted by Crippen LogP contribution is -2.01. The Hall–Kier alpha value is -1.66. The fourth-order valence-corrected chi connectivity index (χ4v) is 2.50. The van der Waals surface area contributed by atoms with Crippen molar-refractivity contribution in [2.24, 2.45) is 0 Å². The van der Waals surface area contributed by atoms with Crippen molar-refractivity contribution in [3.63, 3.8) is 0 Å². The molecule has 0 atom stereocenters. The molecule has 0 amide bonds. The number of anilines is 1. The third-order valence-corrected chi connectivity index (χ3v) is 3.45. The van der Waals surface area contributed by atoms with Crippen LogP contribution in [0.25, 0.3) is 11.0 Å². The SMILES string of the molecule is Cc1ncc(CNc2c(Cl)ccc3nsnc23)[nH]1. The number of rotatable bonds is 3. The first kappa shape index (κ1) is 11.4. The molecule has 0 radical (unpaired) electrons. The molecule has 0 saturated heterocycles. The lowest BCUT2D eigenvalue weighted by atomic mass is 10.2. The topological polar surface area (TPSA) is 66.5 Å². The van der Waals surface area contributed by atoms with Crippen LogP contribution in [0, 0.1) is 6.92 Å². The number of nitrogens with zero attached hydrogens (tertiary/aromatic N) is 3. The number of H-pyrrole nitrogens is 1. The summed E-state index contributed by atoms with van der Waals surface area (Å²) in [5.41, 5.74) is 3.48. The minimum absolute atomic E-state index is 0.622. The molecule has 0 spiro atoms. The van der Waals surface area contributed by atoms with Crippen LogP contribution in [0.3, 0.4) is 0 Å². The first-order valence-corrected chi connectivity index (χ1v) is 6.50. The first-order valence-electron chi connectivity index (χ1n) is 5.39. The number of fused-ring (bicyclic) bond motifs is 1. The van der Waals surface area contributed by atoms with E-state index in [0.29, 0.717) is 11.6 Å². The van der Waals surface area contributed by atoms with Crippen molar-refractivity contribution in [2.45, 2.75) is 13.5 Å². The Labute approximate surface area is 113 Å². The van der Waals surface area contributed by atoms with Crippen LogP contribution in [0.4, 0.5) is 5.69 Å². The van der Waals surface area contributed by atoms with Gasteiger partial charge in [-0.1, -0.05) is 11.6 Å². The monoisotopic (exact) mass is 279 g/mol. The fourth-order valence-electron chi connectivity index (χ4n) is 1.74. The standard InChI is InChI=1S/C11H10ClN5S/c1-6-13-4-7(15-6)5-14-10-8(12)2-3-9-11(10)17-18-16-9/h2-4,14H,5H2,1H3,(H,13,15). The van der Waals surface area contributed by atoms with E-state index in [1.54, 1.807) is 6.20 Å². The summed E-state index contributed by atoms with van der Waals surface area (Å²) in [4.78, 5) is 7.31. The van der Waals surface area contributed by atoms with E-state index in [2.05, 4.69) is 24.0 Å². The van der Waals surface area contributed by atoms with Gasteiger partial charge in [0.05, 0.1) is 40.9 Å². The van der Waals surface area contributed by atoms with Crippen molar-refractivity contribution in [1.82, 2.24) is 18.7 Å². The number of hydrogen-bond acceptors (Lipinski definition) is 5. The van der Waals surface area contributed by atoms with E-state index in [-0.39, 0.29) is 0 Å². The lowest BCUT2D eigenvalue weighted by molar-refractivity contribution is 1.05. The maximum atomic E-state index is 6.18. The largest absolute Gasteiger partial charge is 0.376 e. The number of imidazole rings is 1. The average molecular weight is 280 g/mol. The summed E-state index contributed by atoms with van der Waals surface area (Å²) in [6.07, 6.45) is 1.80. The molecule has 0 fully saturated rings. The van der Waals surface area contributed by atoms with E-state index in [9.17, 15) is 0 Å². The van der Waals surface area contributed by atoms with Gasteiger partial charge < -0.3 is 10.3 Å². The van der Waals surface area contributed by atoms with Gasteiger partial charge in [0.15, 0.2) is 0 Å². The van der Waals surface area contributed by atoms with Crippen molar-refractivity contribution in [3.05, 3.63) is 34.9 Å². The number of aryl methyl sites for hydroxylation is 1. The highest BCUT2D eigenvalue weighted by Gasteiger charge is 2.09. The summed E-state index contributed by atoms with van der Waals surface area (Å²) in [6, 6.07) is 3.69. The summed E-state index contributed by atoms with van der Waals surface area (Å²) >= 11 is 7.36. The van der Waals surface area contributed by atoms with Gasteiger partial charge in [-0.2, -0.15) is 8.75 Å². The number of benzene rings is 1. The number of halogens is 1. The first-order chi connectivity index (χ1) is 8.74. The van der Waals surface area contributed by atoms with Gasteiger partial charge in [0, 0.05) is 0 Å². The van der Waals surface area contributed by atoms with Crippen LogP contribution in [-0.4, -0.2) is 18.7 Å². The van der Waals surface area contributed by atoms with Gasteiger partial charge in [-0.05, 0) is 19.1 Å². The molecule has 3 aromatic rings. The van der Waals surface area contributed by atoms with Crippen LogP contribution >= 0.6 is 23.3 Å². The Kier molecular flexibility index (Phi) is 2.89. The molecule has 2 N–H and O–H groups in total. The fraction of sp³-hybridized carbons (Fsp3) is 0.182. The number of aromatic amines is 1. The molecule has 0 bridgehead atoms. The molecule has 3 rings (SSSR count). The minimum Gasteiger partial charge on any atom is -0.376 e. The summed E-state index contributed by atoms with van der Waals surface area (Å²) in [6.45, 7) is 2.54. The van der Waals surface area contributed by atoms with Crippen LogP contribution in [0.15, 0.2) is 18.3 Å². The van der Waals surface area contributed by atoms with Gasteiger partial charge in [0.25, 0.3) is 0 Å². The number of aromatic nitrogens is 4. The van der Waals surface area contributed by atoms with Gasteiger partial charge in [-0.15, -0.1) is 0 Å². The second kappa shape index (κ2) is 4.55. The van der Waals surface area contributed by atoms with Gasteiger partial charge in [-0.3, -0.25) is 0 Å². The Morgan fingerprint density at radius 1 is 1.39 bits per heavy atom. The van der Waals surface area contributed by atoms with Crippen LogP contribution < -0.4 is 5.32 Å². The van der Waals surface area contributed by atoms with E-state index in [1.165, 1.54) is 11.7 Å². The van der Waals surface area contributed by atoms with Gasteiger partial charge in [-0.25, -0.2) is 4.98 Å². The van der Waals surface area contributed by atoms with Crippen molar-refractivity contribution >= 4 is 40.0 Å². The molecular formula is C11H10ClN5S. The zero-order valence-electron chi connectivity index (χ0n) is 9.57. The highest BCUT2D eigenvalue weighted by atomic mass is 35.5. The van der Waals surface area contributed by atoms with E-state index in [0.717, 1.165) is 28.2 Å². The quantitative estimate of drug-likeness (QED) is 0.773. The molecule has 92 valence electrons. The molecule has 2 aromatic heterocycles. The molecule has 1 aromatic carbocycles. The van der Waals surface area contributed by atoms with Crippen LogP contribution in [0.5, 0.6) is 0 Å². The second-order valence-corrected chi connectivity index (χ2v) is 4.84. The summed E-state index contributed by atoms with van der Waals surface area (Å²) < 4.78 is 8.45. The zero-order valence-corrected chi connectivity index (χ0v) is 11.1. The third-order valence-electron chi connectivity index (χ3n) is 2.59. The molecule has 0 aliphatic heterocycles. The molecule has 5 nitrogen and oxygen atoms in total. The van der Waals surface area contributed by atoms with Gasteiger partial charge in [0.1, 0.15) is 16.9 Å². The predicted octanol–water partition coefficient (Wildman–Crippen LogP) is 2.99. The molecule has 7 heteroatoms. The molecule has 18 heavy (non-hydrogen) atoms. The maximum absolute atomic E-state index is 6.18. The summed E-state index contributed by atoms with van der Waals surface area (Å²) in [7, 11) is 0. The van der Waals surface area contributed by atoms with Crippen molar-refractivity contribution in [3.8, 4) is 0 Å². The smallest absolute Gasteiger partial charge is 0.129 e. The summed E-state index contributed by atoms with van der Waals surface area (Å²) in [5, 5.41) is 3.92. The van der Waals surface area contributed by atoms with E-state index in [4.69, 9.17) is 11.6 Å². The zero-order chi connectivity index (χ0) is 12.5. The lowest BCUT2D eigenvalue weighted by Gasteiger charge is -2.07. The van der Waals surface area contributed by atoms with E-state index >= 15 is 0 Å². The average Bonchev–Trinajstić information content (AvgIpc) is 2.96. The highest BCUT2D eigenvalue weighted by Crippen LogP contribution is 2.30. The third kappa shape index (κ3) is 2.04. The molecule has 0 aliphatic carbocycles. The minimum atomic E-state index is 0.622. The Morgan fingerprint density at radius 2 is 2.28 bits per heavy atom. The Bertz CT molecular complexity index is 690. The molecule has 0 aliphatic rings. The second-order valence-electron chi connectivity index (χ2n) is 3.90. The van der Waals surface area contributed by atoms with E-state index < -0.39 is 0 Å². The van der Waals surface area contributed by atoms with Crippen molar-refractivity contribution in [2.75, 3.05) is 5.32 Å². The van der Waals surface area contributed by atoms with E-state index in [1.807, 2.05) is 19.1 Å². The Balaban J connectivity index is 1.89. The molecular weight excluding hydrogens is 270 g/mol. The van der Waals surface area contributed by atoms with Gasteiger partial charge in [0.2, 0.25) is 0 Å². The van der Waals surface area contributed by atoms with Crippen molar-refractivity contribution < 1.29 is 0 Å². The molecule has 2 heterocycles. The molecule has 0 saturated carbocycles. The maximum Gasteiger partial charge on any atom is 0.129 e. The summed E-state index contributed by atoms with van der Waals surface area (Å²) in [5.74, 6) is 0.895. The normalized spacial score (nSPS) is 11.0. The van der Waals surface area contributed by atoms with Crippen LogP contribution in [0.1, 0.15) is 11.5 Å². The van der Waals surface area contributed by atoms with Gasteiger partial charge >= 0.3 is 0 Å². The van der Waals surface area contributed by atoms with Crippen molar-refractivity contribution in [1.29, 1.82) is 0 Å². The predicted molar refractivity (Wildman–Crippen MR) is 73.1 cm³/mol. The van der Waals surface area contributed by atoms with Crippen LogP contribution in [-0.2, 0) is 6.54 Å². The molecule has 0 unspecified atom stereocenters. The highest BCUT2D eigenvalue weighted by molar-refractivity contribution is 7.00. The number of hydrogen-bond donors (Lipinski definition) is 2. The Morgan fingerprint density at radius 3 is 3.06 bits per heavy atom.